The number of anilines is 1. The Morgan fingerprint density at radius 1 is 1.21 bits per heavy atom. The number of halogens is 1. The summed E-state index contributed by atoms with van der Waals surface area (Å²) in [5, 5.41) is 9.45. The minimum Gasteiger partial charge on any atom is -0.370 e. The van der Waals surface area contributed by atoms with Gasteiger partial charge < -0.3 is 10.2 Å². The topological polar surface area (TPSA) is 33.1 Å². The number of nitrogens with one attached hydrogen (secondary N) is 1. The number of hydrogen-bond acceptors (Lipinski definition) is 3. The monoisotopic (exact) mass is 344 g/mol. The first kappa shape index (κ1) is 16.0. The van der Waals surface area contributed by atoms with E-state index in [1.165, 1.54) is 42.8 Å². The maximum Gasteiger partial charge on any atom is 0.133 e. The van der Waals surface area contributed by atoms with Gasteiger partial charge in [0.15, 0.2) is 0 Å². The molecule has 1 aromatic heterocycles. The van der Waals surface area contributed by atoms with Gasteiger partial charge in [0.25, 0.3) is 0 Å². The fraction of sp³-hybridized carbons (Fsp3) is 0.526. The summed E-state index contributed by atoms with van der Waals surface area (Å²) in [6, 6.07) is 8.00. The Labute approximate surface area is 148 Å². The van der Waals surface area contributed by atoms with E-state index in [0.717, 1.165) is 36.8 Å². The number of nitrogens with zero attached hydrogens (tertiary/aromatic N) is 3. The summed E-state index contributed by atoms with van der Waals surface area (Å²) in [7, 11) is 2.21. The summed E-state index contributed by atoms with van der Waals surface area (Å²) >= 11 is 6.21. The molecule has 0 aliphatic carbocycles. The molecule has 128 valence electrons. The lowest BCUT2D eigenvalue weighted by Crippen LogP contribution is -2.29. The van der Waals surface area contributed by atoms with Crippen molar-refractivity contribution in [3.63, 3.8) is 0 Å². The quantitative estimate of drug-likeness (QED) is 0.891. The molecule has 0 atom stereocenters. The summed E-state index contributed by atoms with van der Waals surface area (Å²) in [4.78, 5) is 2.42. The molecule has 0 spiro atoms. The average Bonchev–Trinajstić information content (AvgIpc) is 2.77. The lowest BCUT2D eigenvalue weighted by atomic mass is 9.90. The van der Waals surface area contributed by atoms with Crippen molar-refractivity contribution in [3.05, 3.63) is 40.5 Å². The fourth-order valence-electron chi connectivity index (χ4n) is 3.93. The normalized spacial score (nSPS) is 19.6. The first-order chi connectivity index (χ1) is 11.7. The zero-order valence-electron chi connectivity index (χ0n) is 14.3. The Balaban J connectivity index is 1.77. The van der Waals surface area contributed by atoms with Crippen molar-refractivity contribution in [3.8, 4) is 5.69 Å². The molecule has 1 aromatic carbocycles. The molecule has 3 heterocycles. The molecule has 1 saturated heterocycles. The number of benzene rings is 1. The molecular weight excluding hydrogens is 320 g/mol. The molecule has 24 heavy (non-hydrogen) atoms. The highest BCUT2D eigenvalue weighted by Crippen LogP contribution is 2.36. The summed E-state index contributed by atoms with van der Waals surface area (Å²) in [6.45, 7) is 3.35. The first-order valence-electron chi connectivity index (χ1n) is 9.02. The van der Waals surface area contributed by atoms with Crippen LogP contribution in [-0.4, -0.2) is 41.4 Å². The van der Waals surface area contributed by atoms with Gasteiger partial charge in [0.2, 0.25) is 0 Å². The number of rotatable bonds is 2. The van der Waals surface area contributed by atoms with Crippen molar-refractivity contribution < 1.29 is 0 Å². The van der Waals surface area contributed by atoms with Crippen LogP contribution < -0.4 is 5.32 Å². The number of aromatic nitrogens is 2. The molecule has 2 aliphatic rings. The molecule has 0 bridgehead atoms. The van der Waals surface area contributed by atoms with Gasteiger partial charge in [0, 0.05) is 23.0 Å². The largest absolute Gasteiger partial charge is 0.370 e. The summed E-state index contributed by atoms with van der Waals surface area (Å²) in [6.07, 6.45) is 5.99. The standard InChI is InChI=1S/C19H25ClN4/c1-23-11-8-14(9-12-23)18-17-7-2-3-10-21-19(17)24(22-18)16-6-4-5-15(20)13-16/h4-6,13-14,21H,2-3,7-12H2,1H3. The molecule has 0 amide bonds. The van der Waals surface area contributed by atoms with E-state index >= 15 is 0 Å². The van der Waals surface area contributed by atoms with Crippen molar-refractivity contribution in [2.75, 3.05) is 32.0 Å². The van der Waals surface area contributed by atoms with Gasteiger partial charge in [-0.2, -0.15) is 5.10 Å². The predicted octanol–water partition coefficient (Wildman–Crippen LogP) is 4.08. The molecule has 0 saturated carbocycles. The van der Waals surface area contributed by atoms with Crippen LogP contribution in [0.2, 0.25) is 5.02 Å². The summed E-state index contributed by atoms with van der Waals surface area (Å²) in [5.74, 6) is 1.76. The zero-order valence-corrected chi connectivity index (χ0v) is 15.0. The number of piperidine rings is 1. The van der Waals surface area contributed by atoms with Gasteiger partial charge in [0.05, 0.1) is 11.4 Å². The van der Waals surface area contributed by atoms with E-state index in [1.807, 2.05) is 18.2 Å². The fourth-order valence-corrected chi connectivity index (χ4v) is 4.12. The van der Waals surface area contributed by atoms with Crippen LogP contribution >= 0.6 is 11.6 Å². The molecule has 0 radical (unpaired) electrons. The van der Waals surface area contributed by atoms with Crippen molar-refractivity contribution in [1.82, 2.24) is 14.7 Å². The Hall–Kier alpha value is -1.52. The van der Waals surface area contributed by atoms with E-state index in [1.54, 1.807) is 0 Å². The number of likely N-dealkylation sites (tertiary alicyclic amines) is 1. The minimum atomic E-state index is 0.579. The zero-order chi connectivity index (χ0) is 16.5. The van der Waals surface area contributed by atoms with E-state index in [0.29, 0.717) is 5.92 Å². The van der Waals surface area contributed by atoms with E-state index in [4.69, 9.17) is 16.7 Å². The van der Waals surface area contributed by atoms with Crippen molar-refractivity contribution in [2.45, 2.75) is 38.0 Å². The van der Waals surface area contributed by atoms with E-state index in [-0.39, 0.29) is 0 Å². The smallest absolute Gasteiger partial charge is 0.133 e. The third-order valence-corrected chi connectivity index (χ3v) is 5.55. The van der Waals surface area contributed by atoms with Crippen LogP contribution in [0, 0.1) is 0 Å². The molecule has 4 nitrogen and oxygen atoms in total. The van der Waals surface area contributed by atoms with Crippen molar-refractivity contribution in [1.29, 1.82) is 0 Å². The summed E-state index contributed by atoms with van der Waals surface area (Å²) < 4.78 is 2.08. The molecular formula is C19H25ClN4. The van der Waals surface area contributed by atoms with E-state index in [2.05, 4.69) is 28.0 Å². The van der Waals surface area contributed by atoms with Crippen LogP contribution in [-0.2, 0) is 6.42 Å². The van der Waals surface area contributed by atoms with Gasteiger partial charge in [-0.1, -0.05) is 17.7 Å². The highest BCUT2D eigenvalue weighted by atomic mass is 35.5. The SMILES string of the molecule is CN1CCC(c2nn(-c3cccc(Cl)c3)c3c2CCCCN3)CC1. The Bertz CT molecular complexity index is 716. The van der Waals surface area contributed by atoms with Gasteiger partial charge in [-0.05, 0) is 70.4 Å². The summed E-state index contributed by atoms with van der Waals surface area (Å²) in [5.41, 5.74) is 3.79. The second-order valence-corrected chi connectivity index (χ2v) is 7.50. The average molecular weight is 345 g/mol. The van der Waals surface area contributed by atoms with Crippen molar-refractivity contribution >= 4 is 17.4 Å². The Kier molecular flexibility index (Phi) is 4.51. The second kappa shape index (κ2) is 6.77. The molecule has 4 rings (SSSR count). The predicted molar refractivity (Wildman–Crippen MR) is 99.5 cm³/mol. The Morgan fingerprint density at radius 3 is 2.83 bits per heavy atom. The molecule has 5 heteroatoms. The van der Waals surface area contributed by atoms with Crippen molar-refractivity contribution in [2.24, 2.45) is 0 Å². The number of hydrogen-bond donors (Lipinski definition) is 1. The second-order valence-electron chi connectivity index (χ2n) is 7.07. The molecule has 0 unspecified atom stereocenters. The lowest BCUT2D eigenvalue weighted by molar-refractivity contribution is 0.252. The van der Waals surface area contributed by atoms with Crippen LogP contribution in [0.25, 0.3) is 5.69 Å². The lowest BCUT2D eigenvalue weighted by Gasteiger charge is -2.28. The third-order valence-electron chi connectivity index (χ3n) is 5.32. The molecule has 2 aromatic rings. The van der Waals surface area contributed by atoms with Gasteiger partial charge in [0.1, 0.15) is 5.82 Å². The maximum atomic E-state index is 6.21. The van der Waals surface area contributed by atoms with Gasteiger partial charge in [-0.15, -0.1) is 0 Å². The molecule has 1 N–H and O–H groups in total. The molecule has 1 fully saturated rings. The van der Waals surface area contributed by atoms with E-state index in [9.17, 15) is 0 Å². The number of fused-ring (bicyclic) bond motifs is 1. The van der Waals surface area contributed by atoms with Crippen LogP contribution in [0.15, 0.2) is 24.3 Å². The highest BCUT2D eigenvalue weighted by Gasteiger charge is 2.28. The third kappa shape index (κ3) is 3.05. The first-order valence-corrected chi connectivity index (χ1v) is 9.40. The van der Waals surface area contributed by atoms with Crippen LogP contribution in [0.1, 0.15) is 42.9 Å². The highest BCUT2D eigenvalue weighted by molar-refractivity contribution is 6.30. The van der Waals surface area contributed by atoms with Gasteiger partial charge >= 0.3 is 0 Å². The van der Waals surface area contributed by atoms with Crippen LogP contribution in [0.3, 0.4) is 0 Å². The van der Waals surface area contributed by atoms with E-state index < -0.39 is 0 Å². The molecule has 2 aliphatic heterocycles. The van der Waals surface area contributed by atoms with Crippen LogP contribution in [0.5, 0.6) is 0 Å². The Morgan fingerprint density at radius 2 is 2.04 bits per heavy atom. The van der Waals surface area contributed by atoms with Crippen LogP contribution in [0.4, 0.5) is 5.82 Å². The minimum absolute atomic E-state index is 0.579. The van der Waals surface area contributed by atoms with Gasteiger partial charge in [-0.3, -0.25) is 0 Å². The maximum absolute atomic E-state index is 6.21. The van der Waals surface area contributed by atoms with Gasteiger partial charge in [-0.25, -0.2) is 4.68 Å².